The van der Waals surface area contributed by atoms with Gasteiger partial charge in [-0.05, 0) is 11.1 Å². The molecule has 0 radical (unpaired) electrons. The van der Waals surface area contributed by atoms with Gasteiger partial charge < -0.3 is 15.4 Å². The Morgan fingerprint density at radius 1 is 0.926 bits per heavy atom. The van der Waals surface area contributed by atoms with Gasteiger partial charge in [-0.3, -0.25) is 15.0 Å². The van der Waals surface area contributed by atoms with Crippen molar-refractivity contribution >= 4 is 17.9 Å². The molecule has 2 aromatic carbocycles. The second-order valence-corrected chi connectivity index (χ2v) is 5.73. The summed E-state index contributed by atoms with van der Waals surface area (Å²) in [4.78, 5) is 35.6. The maximum Gasteiger partial charge on any atom is 0.407 e. The van der Waals surface area contributed by atoms with E-state index < -0.39 is 23.9 Å². The topological polar surface area (TPSA) is 123 Å². The third kappa shape index (κ3) is 7.17. The maximum atomic E-state index is 12.0. The molecule has 0 aliphatic rings. The lowest BCUT2D eigenvalue weighted by molar-refractivity contribution is -0.128. The first kappa shape index (κ1) is 19.9. The number of hydrogen-bond donors (Lipinski definition) is 4. The van der Waals surface area contributed by atoms with E-state index in [0.717, 1.165) is 11.1 Å². The number of carbonyl (C=O) groups excluding carboxylic acids is 3. The van der Waals surface area contributed by atoms with Gasteiger partial charge in [0.1, 0.15) is 19.2 Å². The van der Waals surface area contributed by atoms with Crippen LogP contribution in [0, 0.1) is 0 Å². The summed E-state index contributed by atoms with van der Waals surface area (Å²) >= 11 is 0. The number of carbonyl (C=O) groups is 3. The van der Waals surface area contributed by atoms with Crippen molar-refractivity contribution in [1.82, 2.24) is 16.1 Å². The predicted molar refractivity (Wildman–Crippen MR) is 99.0 cm³/mol. The minimum atomic E-state index is -0.855. The Balaban J connectivity index is 1.79. The summed E-state index contributed by atoms with van der Waals surface area (Å²) in [5.41, 5.74) is 3.72. The van der Waals surface area contributed by atoms with Gasteiger partial charge >= 0.3 is 6.09 Å². The lowest BCUT2D eigenvalue weighted by Gasteiger charge is -2.17. The van der Waals surface area contributed by atoms with E-state index in [-0.39, 0.29) is 19.6 Å². The van der Waals surface area contributed by atoms with Crippen molar-refractivity contribution < 1.29 is 19.1 Å². The lowest BCUT2D eigenvalue weighted by Crippen LogP contribution is -2.52. The number of amides is 3. The normalized spacial score (nSPS) is 11.1. The van der Waals surface area contributed by atoms with Crippen LogP contribution in [0.4, 0.5) is 4.79 Å². The molecule has 27 heavy (non-hydrogen) atoms. The summed E-state index contributed by atoms with van der Waals surface area (Å²) < 4.78 is 5.02. The fourth-order valence-corrected chi connectivity index (χ4v) is 2.33. The monoisotopic (exact) mass is 370 g/mol. The van der Waals surface area contributed by atoms with Crippen LogP contribution in [0.3, 0.4) is 0 Å². The molecule has 0 heterocycles. The molecule has 0 saturated carbocycles. The minimum Gasteiger partial charge on any atom is -0.445 e. The molecule has 1 atom stereocenters. The molecule has 142 valence electrons. The third-order valence-corrected chi connectivity index (χ3v) is 3.68. The largest absolute Gasteiger partial charge is 0.445 e. The fourth-order valence-electron chi connectivity index (χ4n) is 2.33. The van der Waals surface area contributed by atoms with E-state index in [0.29, 0.717) is 0 Å². The van der Waals surface area contributed by atoms with Crippen molar-refractivity contribution in [2.45, 2.75) is 19.1 Å². The molecular formula is C19H22N4O4. The molecule has 8 heteroatoms. The van der Waals surface area contributed by atoms with Gasteiger partial charge in [0, 0.05) is 6.42 Å². The summed E-state index contributed by atoms with van der Waals surface area (Å²) in [6.07, 6.45) is -0.453. The number of alkyl carbamates (subject to hydrolysis) is 1. The molecule has 0 aliphatic carbocycles. The maximum absolute atomic E-state index is 12.0. The van der Waals surface area contributed by atoms with Gasteiger partial charge in [0.05, 0.1) is 0 Å². The Kier molecular flexibility index (Phi) is 7.80. The molecule has 8 nitrogen and oxygen atoms in total. The molecular weight excluding hydrogens is 348 g/mol. The number of ether oxygens (including phenoxy) is 1. The molecule has 5 N–H and O–H groups in total. The smallest absolute Gasteiger partial charge is 0.407 e. The van der Waals surface area contributed by atoms with Gasteiger partial charge in [-0.25, -0.2) is 10.6 Å². The zero-order valence-corrected chi connectivity index (χ0v) is 14.7. The van der Waals surface area contributed by atoms with E-state index >= 15 is 0 Å². The lowest BCUT2D eigenvalue weighted by atomic mass is 10.1. The van der Waals surface area contributed by atoms with Crippen molar-refractivity contribution in [2.75, 3.05) is 6.54 Å². The van der Waals surface area contributed by atoms with Crippen LogP contribution in [0.1, 0.15) is 11.1 Å². The number of rotatable bonds is 8. The standard InChI is InChI=1S/C19H22N4O4/c20-23-18(25)16(11-14-7-3-1-4-8-14)22-17(24)12-21-19(26)27-13-15-9-5-2-6-10-15/h1-10,16H,11-13,20H2,(H,21,26)(H,22,24)(H,23,25). The van der Waals surface area contributed by atoms with E-state index in [1.807, 2.05) is 66.1 Å². The summed E-state index contributed by atoms with van der Waals surface area (Å²) in [6, 6.07) is 17.5. The van der Waals surface area contributed by atoms with Gasteiger partial charge in [-0.1, -0.05) is 60.7 Å². The predicted octanol–water partition coefficient (Wildman–Crippen LogP) is 0.630. The van der Waals surface area contributed by atoms with Crippen LogP contribution >= 0.6 is 0 Å². The summed E-state index contributed by atoms with van der Waals surface area (Å²) in [5.74, 6) is 4.12. The quantitative estimate of drug-likeness (QED) is 0.308. The Bertz CT molecular complexity index is 753. The second kappa shape index (κ2) is 10.6. The number of nitrogens with one attached hydrogen (secondary N) is 3. The highest BCUT2D eigenvalue weighted by molar-refractivity contribution is 5.89. The van der Waals surface area contributed by atoms with E-state index in [2.05, 4.69) is 10.6 Å². The van der Waals surface area contributed by atoms with Crippen LogP contribution in [0.25, 0.3) is 0 Å². The first-order valence-electron chi connectivity index (χ1n) is 8.37. The van der Waals surface area contributed by atoms with Crippen molar-refractivity contribution in [3.8, 4) is 0 Å². The van der Waals surface area contributed by atoms with Crippen LogP contribution in [0.15, 0.2) is 60.7 Å². The van der Waals surface area contributed by atoms with Crippen LogP contribution in [0.5, 0.6) is 0 Å². The van der Waals surface area contributed by atoms with E-state index in [9.17, 15) is 14.4 Å². The Morgan fingerprint density at radius 3 is 2.11 bits per heavy atom. The first-order chi connectivity index (χ1) is 13.1. The van der Waals surface area contributed by atoms with Crippen LogP contribution in [-0.2, 0) is 27.4 Å². The highest BCUT2D eigenvalue weighted by Gasteiger charge is 2.20. The molecule has 2 rings (SSSR count). The molecule has 1 unspecified atom stereocenters. The van der Waals surface area contributed by atoms with Crippen LogP contribution < -0.4 is 21.9 Å². The van der Waals surface area contributed by atoms with Gasteiger partial charge in [0.2, 0.25) is 5.91 Å². The fraction of sp³-hybridized carbons (Fsp3) is 0.211. The average Bonchev–Trinajstić information content (AvgIpc) is 2.71. The molecule has 2 aromatic rings. The second-order valence-electron chi connectivity index (χ2n) is 5.73. The number of hydrazine groups is 1. The van der Waals surface area contributed by atoms with Crippen LogP contribution in [0.2, 0.25) is 0 Å². The first-order valence-corrected chi connectivity index (χ1v) is 8.37. The zero-order chi connectivity index (χ0) is 19.5. The highest BCUT2D eigenvalue weighted by atomic mass is 16.5. The van der Waals surface area contributed by atoms with E-state index in [1.165, 1.54) is 0 Å². The number of nitrogens with two attached hydrogens (primary N) is 1. The molecule has 0 bridgehead atoms. The Hall–Kier alpha value is -3.39. The zero-order valence-electron chi connectivity index (χ0n) is 14.7. The summed E-state index contributed by atoms with van der Waals surface area (Å²) in [6.45, 7) is -0.225. The molecule has 0 spiro atoms. The SMILES string of the molecule is NNC(=O)C(Cc1ccccc1)NC(=O)CNC(=O)OCc1ccccc1. The van der Waals surface area contributed by atoms with Gasteiger partial charge in [-0.15, -0.1) is 0 Å². The van der Waals surface area contributed by atoms with Crippen molar-refractivity contribution in [3.63, 3.8) is 0 Å². The molecule has 0 aliphatic heterocycles. The van der Waals surface area contributed by atoms with Gasteiger partial charge in [0.15, 0.2) is 0 Å². The van der Waals surface area contributed by atoms with Crippen molar-refractivity contribution in [3.05, 3.63) is 71.8 Å². The van der Waals surface area contributed by atoms with E-state index in [4.69, 9.17) is 10.6 Å². The molecule has 0 fully saturated rings. The molecule has 0 aromatic heterocycles. The minimum absolute atomic E-state index is 0.0977. The van der Waals surface area contributed by atoms with Gasteiger partial charge in [-0.2, -0.15) is 0 Å². The van der Waals surface area contributed by atoms with Crippen molar-refractivity contribution in [1.29, 1.82) is 0 Å². The van der Waals surface area contributed by atoms with Gasteiger partial charge in [0.25, 0.3) is 5.91 Å². The Labute approximate surface area is 157 Å². The third-order valence-electron chi connectivity index (χ3n) is 3.68. The Morgan fingerprint density at radius 2 is 1.52 bits per heavy atom. The molecule has 3 amide bonds. The van der Waals surface area contributed by atoms with E-state index in [1.54, 1.807) is 0 Å². The number of benzene rings is 2. The van der Waals surface area contributed by atoms with Crippen molar-refractivity contribution in [2.24, 2.45) is 5.84 Å². The highest BCUT2D eigenvalue weighted by Crippen LogP contribution is 2.03. The summed E-state index contributed by atoms with van der Waals surface area (Å²) in [7, 11) is 0. The average molecular weight is 370 g/mol. The molecule has 0 saturated heterocycles. The van der Waals surface area contributed by atoms with Crippen LogP contribution in [-0.4, -0.2) is 30.5 Å². The number of hydrogen-bond acceptors (Lipinski definition) is 5. The summed E-state index contributed by atoms with van der Waals surface area (Å²) in [5, 5.41) is 4.89.